The lowest BCUT2D eigenvalue weighted by atomic mass is 10.2. The Hall–Kier alpha value is -0.680. The van der Waals surface area contributed by atoms with E-state index in [2.05, 4.69) is 76.3 Å². The molecular formula is C14H20BrN3S. The third-order valence-corrected chi connectivity index (χ3v) is 4.67. The minimum absolute atomic E-state index is 0.125. The molecule has 19 heavy (non-hydrogen) atoms. The van der Waals surface area contributed by atoms with Crippen molar-refractivity contribution in [2.24, 2.45) is 4.99 Å². The van der Waals surface area contributed by atoms with Crippen LogP contribution in [0.2, 0.25) is 0 Å². The van der Waals surface area contributed by atoms with Crippen LogP contribution in [0.4, 0.5) is 0 Å². The summed E-state index contributed by atoms with van der Waals surface area (Å²) in [5.74, 6) is 1.02. The Morgan fingerprint density at radius 2 is 2.05 bits per heavy atom. The fourth-order valence-electron chi connectivity index (χ4n) is 1.87. The fraction of sp³-hybridized carbons (Fsp3) is 0.500. The number of guanidine groups is 1. The van der Waals surface area contributed by atoms with E-state index < -0.39 is 0 Å². The van der Waals surface area contributed by atoms with Crippen LogP contribution in [0.25, 0.3) is 0 Å². The Labute approximate surface area is 128 Å². The van der Waals surface area contributed by atoms with E-state index in [0.717, 1.165) is 30.1 Å². The highest BCUT2D eigenvalue weighted by molar-refractivity contribution is 9.10. The lowest BCUT2D eigenvalue weighted by molar-refractivity contribution is 0.526. The van der Waals surface area contributed by atoms with E-state index in [9.17, 15) is 0 Å². The van der Waals surface area contributed by atoms with E-state index in [1.165, 1.54) is 4.90 Å². The van der Waals surface area contributed by atoms with Crippen molar-refractivity contribution in [3.63, 3.8) is 0 Å². The quantitative estimate of drug-likeness (QED) is 0.852. The molecule has 104 valence electrons. The Bertz CT molecular complexity index is 456. The molecule has 0 unspecified atom stereocenters. The second-order valence-electron chi connectivity index (χ2n) is 5.30. The van der Waals surface area contributed by atoms with Gasteiger partial charge in [-0.05, 0) is 38.1 Å². The Morgan fingerprint density at radius 3 is 2.63 bits per heavy atom. The minimum atomic E-state index is 0.125. The molecule has 3 nitrogen and oxygen atoms in total. The molecule has 0 radical (unpaired) electrons. The number of benzene rings is 1. The van der Waals surface area contributed by atoms with Crippen LogP contribution in [0.3, 0.4) is 0 Å². The second kappa shape index (κ2) is 6.18. The molecule has 1 aromatic rings. The lowest BCUT2D eigenvalue weighted by Gasteiger charge is -2.26. The zero-order valence-electron chi connectivity index (χ0n) is 11.6. The summed E-state index contributed by atoms with van der Waals surface area (Å²) < 4.78 is 1.24. The molecule has 1 N–H and O–H groups in total. The van der Waals surface area contributed by atoms with Crippen molar-refractivity contribution in [1.82, 2.24) is 10.2 Å². The smallest absolute Gasteiger partial charge is 0.193 e. The summed E-state index contributed by atoms with van der Waals surface area (Å²) in [5.41, 5.74) is 0. The van der Waals surface area contributed by atoms with Crippen molar-refractivity contribution in [2.45, 2.75) is 23.5 Å². The van der Waals surface area contributed by atoms with E-state index in [1.54, 1.807) is 0 Å². The molecule has 0 atom stereocenters. The van der Waals surface area contributed by atoms with Gasteiger partial charge < -0.3 is 10.2 Å². The molecule has 0 aliphatic carbocycles. The molecule has 1 aliphatic rings. The summed E-state index contributed by atoms with van der Waals surface area (Å²) in [5, 5.41) is 3.45. The van der Waals surface area contributed by atoms with Gasteiger partial charge in [-0.25, -0.2) is 0 Å². The normalized spacial score (nSPS) is 15.6. The van der Waals surface area contributed by atoms with Crippen LogP contribution in [0.5, 0.6) is 0 Å². The maximum absolute atomic E-state index is 4.45. The van der Waals surface area contributed by atoms with Crippen LogP contribution in [0.15, 0.2) is 38.6 Å². The van der Waals surface area contributed by atoms with Crippen LogP contribution in [0.1, 0.15) is 13.8 Å². The van der Waals surface area contributed by atoms with Crippen molar-refractivity contribution in [3.8, 4) is 0 Å². The van der Waals surface area contributed by atoms with Crippen LogP contribution in [-0.2, 0) is 0 Å². The highest BCUT2D eigenvalue weighted by Gasteiger charge is 2.21. The van der Waals surface area contributed by atoms with Gasteiger partial charge in [-0.15, -0.1) is 11.8 Å². The third-order valence-electron chi connectivity index (χ3n) is 2.94. The third kappa shape index (κ3) is 4.42. The van der Waals surface area contributed by atoms with Crippen LogP contribution in [0, 0.1) is 0 Å². The van der Waals surface area contributed by atoms with E-state index >= 15 is 0 Å². The first-order chi connectivity index (χ1) is 8.96. The molecule has 0 amide bonds. The van der Waals surface area contributed by atoms with E-state index in [1.807, 2.05) is 11.8 Å². The molecule has 2 rings (SSSR count). The molecule has 1 heterocycles. The number of halogens is 1. The van der Waals surface area contributed by atoms with Gasteiger partial charge in [-0.2, -0.15) is 0 Å². The molecular weight excluding hydrogens is 322 g/mol. The number of nitrogens with zero attached hydrogens (tertiary/aromatic N) is 2. The predicted molar refractivity (Wildman–Crippen MR) is 87.0 cm³/mol. The molecule has 0 fully saturated rings. The largest absolute Gasteiger partial charge is 0.355 e. The van der Waals surface area contributed by atoms with Gasteiger partial charge in [0.2, 0.25) is 0 Å². The maximum atomic E-state index is 4.45. The van der Waals surface area contributed by atoms with Gasteiger partial charge in [-0.1, -0.05) is 15.9 Å². The first kappa shape index (κ1) is 14.7. The first-order valence-electron chi connectivity index (χ1n) is 6.40. The number of nitrogens with one attached hydrogen (secondary N) is 1. The molecule has 0 saturated heterocycles. The van der Waals surface area contributed by atoms with Crippen molar-refractivity contribution >= 4 is 33.7 Å². The van der Waals surface area contributed by atoms with Crippen molar-refractivity contribution < 1.29 is 0 Å². The first-order valence-corrected chi connectivity index (χ1v) is 8.01. The number of hydrogen-bond donors (Lipinski definition) is 1. The summed E-state index contributed by atoms with van der Waals surface area (Å²) in [6.07, 6.45) is 0. The average Bonchev–Trinajstić information content (AvgIpc) is 2.75. The fourth-order valence-corrected chi connectivity index (χ4v) is 3.19. The van der Waals surface area contributed by atoms with Gasteiger partial charge in [0.05, 0.1) is 6.54 Å². The highest BCUT2D eigenvalue weighted by atomic mass is 79.9. The minimum Gasteiger partial charge on any atom is -0.355 e. The highest BCUT2D eigenvalue weighted by Crippen LogP contribution is 2.32. The van der Waals surface area contributed by atoms with E-state index in [0.29, 0.717) is 0 Å². The van der Waals surface area contributed by atoms with Crippen molar-refractivity contribution in [2.75, 3.05) is 26.7 Å². The van der Waals surface area contributed by atoms with Gasteiger partial charge in [0.1, 0.15) is 0 Å². The Morgan fingerprint density at radius 1 is 1.37 bits per heavy atom. The topological polar surface area (TPSA) is 27.6 Å². The van der Waals surface area contributed by atoms with Gasteiger partial charge >= 0.3 is 0 Å². The summed E-state index contributed by atoms with van der Waals surface area (Å²) >= 11 is 5.35. The molecule has 1 aliphatic heterocycles. The molecule has 0 saturated carbocycles. The van der Waals surface area contributed by atoms with E-state index in [4.69, 9.17) is 0 Å². The summed E-state index contributed by atoms with van der Waals surface area (Å²) in [6.45, 7) is 7.32. The average molecular weight is 342 g/mol. The van der Waals surface area contributed by atoms with E-state index in [-0.39, 0.29) is 4.75 Å². The molecule has 0 spiro atoms. The standard InChI is InChI=1S/C14H20BrN3S/c1-14(2,10-17-13-16-8-9-18(13)3)19-12-6-4-11(15)5-7-12/h4-7H,8-10H2,1-3H3,(H,16,17). The number of aliphatic imine (C=N–C) groups is 1. The molecule has 5 heteroatoms. The van der Waals surface area contributed by atoms with Gasteiger partial charge in [0, 0.05) is 34.3 Å². The summed E-state index contributed by atoms with van der Waals surface area (Å²) in [6, 6.07) is 8.47. The molecule has 1 aromatic carbocycles. The van der Waals surface area contributed by atoms with Gasteiger partial charge in [0.15, 0.2) is 5.96 Å². The lowest BCUT2D eigenvalue weighted by Crippen LogP contribution is -2.42. The zero-order chi connectivity index (χ0) is 13.9. The summed E-state index contributed by atoms with van der Waals surface area (Å²) in [7, 11) is 2.08. The summed E-state index contributed by atoms with van der Waals surface area (Å²) in [4.78, 5) is 7.91. The maximum Gasteiger partial charge on any atom is 0.193 e. The number of likely N-dealkylation sites (N-methyl/N-ethyl adjacent to an activating group) is 1. The molecule has 0 aromatic heterocycles. The SMILES string of the molecule is CN1CCN=C1NCC(C)(C)Sc1ccc(Br)cc1. The monoisotopic (exact) mass is 341 g/mol. The van der Waals surface area contributed by atoms with Crippen molar-refractivity contribution in [3.05, 3.63) is 28.7 Å². The number of hydrogen-bond acceptors (Lipinski definition) is 4. The molecule has 0 bridgehead atoms. The van der Waals surface area contributed by atoms with Crippen LogP contribution in [-0.4, -0.2) is 42.3 Å². The number of thioether (sulfide) groups is 1. The predicted octanol–water partition coefficient (Wildman–Crippen LogP) is 3.21. The van der Waals surface area contributed by atoms with Crippen LogP contribution >= 0.6 is 27.7 Å². The second-order valence-corrected chi connectivity index (χ2v) is 7.99. The van der Waals surface area contributed by atoms with Gasteiger partial charge in [0.25, 0.3) is 0 Å². The van der Waals surface area contributed by atoms with Crippen molar-refractivity contribution in [1.29, 1.82) is 0 Å². The number of rotatable bonds is 4. The van der Waals surface area contributed by atoms with Crippen LogP contribution < -0.4 is 5.32 Å². The van der Waals surface area contributed by atoms with Gasteiger partial charge in [-0.3, -0.25) is 4.99 Å². The Balaban J connectivity index is 1.89. The Kier molecular flexibility index (Phi) is 4.79. The zero-order valence-corrected chi connectivity index (χ0v) is 14.0.